The first-order chi connectivity index (χ1) is 11.8. The highest BCUT2D eigenvalue weighted by Gasteiger charge is 2.45. The number of hydrogen-bond acceptors (Lipinski definition) is 6. The van der Waals surface area contributed by atoms with E-state index in [2.05, 4.69) is 5.32 Å². The Balaban J connectivity index is 1.90. The van der Waals surface area contributed by atoms with Crippen molar-refractivity contribution in [3.63, 3.8) is 0 Å². The molecular formula is C18H20NO5S-. The zero-order valence-corrected chi connectivity index (χ0v) is 15.1. The third kappa shape index (κ3) is 2.97. The zero-order valence-electron chi connectivity index (χ0n) is 14.3. The summed E-state index contributed by atoms with van der Waals surface area (Å²) in [7, 11) is 1.29. The van der Waals surface area contributed by atoms with Gasteiger partial charge < -0.3 is 20.0 Å². The molecule has 1 fully saturated rings. The Morgan fingerprint density at radius 2 is 1.76 bits per heavy atom. The van der Waals surface area contributed by atoms with Crippen molar-refractivity contribution in [1.29, 1.82) is 0 Å². The summed E-state index contributed by atoms with van der Waals surface area (Å²) in [5, 5.41) is 14.8. The lowest BCUT2D eigenvalue weighted by molar-refractivity contribution is -0.316. The van der Waals surface area contributed by atoms with Crippen LogP contribution in [0, 0.1) is 37.5 Å². The van der Waals surface area contributed by atoms with Gasteiger partial charge in [0.05, 0.1) is 18.6 Å². The molecule has 1 N–H and O–H groups in total. The number of fused-ring (bicyclic) bond motifs is 2. The van der Waals surface area contributed by atoms with Gasteiger partial charge in [0.1, 0.15) is 5.00 Å². The first kappa shape index (κ1) is 17.7. The van der Waals surface area contributed by atoms with Crippen LogP contribution < -0.4 is 10.4 Å². The number of allylic oxidation sites excluding steroid dienone is 2. The normalized spacial score (nSPS) is 27.2. The lowest BCUT2D eigenvalue weighted by atomic mass is 9.62. The SMILES string of the molecule is COC(=O)c1c(NC(=O)[C@@H]2[C@@H](C(=O)[O-])[C@H]3C=C[C@@H]2CC3)sc(C)c1C. The third-order valence-corrected chi connectivity index (χ3v) is 6.46. The molecule has 0 radical (unpaired) electrons. The quantitative estimate of drug-likeness (QED) is 0.649. The van der Waals surface area contributed by atoms with E-state index in [9.17, 15) is 19.5 Å². The van der Waals surface area contributed by atoms with Crippen molar-refractivity contribution in [3.8, 4) is 0 Å². The first-order valence-corrected chi connectivity index (χ1v) is 9.05. The molecule has 0 unspecified atom stereocenters. The minimum absolute atomic E-state index is 0.114. The minimum Gasteiger partial charge on any atom is -0.550 e. The van der Waals surface area contributed by atoms with Crippen LogP contribution >= 0.6 is 11.3 Å². The van der Waals surface area contributed by atoms with Crippen molar-refractivity contribution in [2.45, 2.75) is 26.7 Å². The van der Waals surface area contributed by atoms with E-state index in [0.717, 1.165) is 23.3 Å². The maximum Gasteiger partial charge on any atom is 0.341 e. The Labute approximate surface area is 149 Å². The molecule has 1 heterocycles. The van der Waals surface area contributed by atoms with E-state index in [1.807, 2.05) is 19.1 Å². The Bertz CT molecular complexity index is 766. The number of nitrogens with one attached hydrogen (secondary N) is 1. The number of hydrogen-bond donors (Lipinski definition) is 1. The summed E-state index contributed by atoms with van der Waals surface area (Å²) in [6.45, 7) is 3.65. The van der Waals surface area contributed by atoms with Gasteiger partial charge in [-0.1, -0.05) is 12.2 Å². The molecule has 0 aliphatic heterocycles. The second-order valence-electron chi connectivity index (χ2n) is 6.63. The van der Waals surface area contributed by atoms with Gasteiger partial charge in [-0.05, 0) is 44.1 Å². The van der Waals surface area contributed by atoms with Crippen LogP contribution in [-0.2, 0) is 14.3 Å². The molecule has 134 valence electrons. The number of ether oxygens (including phenoxy) is 1. The van der Waals surface area contributed by atoms with Crippen LogP contribution in [-0.4, -0.2) is 25.0 Å². The van der Waals surface area contributed by atoms with Gasteiger partial charge in [-0.25, -0.2) is 4.79 Å². The van der Waals surface area contributed by atoms with E-state index in [1.54, 1.807) is 6.92 Å². The smallest absolute Gasteiger partial charge is 0.341 e. The molecule has 4 rings (SSSR count). The Kier molecular flexibility index (Phi) is 4.69. The fourth-order valence-electron chi connectivity index (χ4n) is 3.93. The molecule has 3 aliphatic rings. The minimum atomic E-state index is -1.19. The molecule has 3 aliphatic carbocycles. The van der Waals surface area contributed by atoms with Crippen molar-refractivity contribution in [1.82, 2.24) is 0 Å². The number of carbonyl (C=O) groups excluding carboxylic acids is 3. The number of carbonyl (C=O) groups is 3. The van der Waals surface area contributed by atoms with Crippen molar-refractivity contribution in [3.05, 3.63) is 28.2 Å². The van der Waals surface area contributed by atoms with Gasteiger partial charge in [0, 0.05) is 16.8 Å². The number of anilines is 1. The van der Waals surface area contributed by atoms with Crippen LogP contribution in [0.3, 0.4) is 0 Å². The highest BCUT2D eigenvalue weighted by atomic mass is 32.1. The van der Waals surface area contributed by atoms with Crippen LogP contribution in [0.5, 0.6) is 0 Å². The van der Waals surface area contributed by atoms with E-state index in [4.69, 9.17) is 4.74 Å². The summed E-state index contributed by atoms with van der Waals surface area (Å²) in [4.78, 5) is 37.4. The van der Waals surface area contributed by atoms with E-state index >= 15 is 0 Å². The second-order valence-corrected chi connectivity index (χ2v) is 7.85. The van der Waals surface area contributed by atoms with E-state index in [-0.39, 0.29) is 17.7 Å². The molecule has 7 heteroatoms. The number of esters is 1. The van der Waals surface area contributed by atoms with Crippen molar-refractivity contribution < 1.29 is 24.2 Å². The van der Waals surface area contributed by atoms with Crippen molar-refractivity contribution >= 4 is 34.2 Å². The van der Waals surface area contributed by atoms with Crippen LogP contribution in [0.15, 0.2) is 12.2 Å². The van der Waals surface area contributed by atoms with Crippen molar-refractivity contribution in [2.75, 3.05) is 12.4 Å². The number of methoxy groups -OCH3 is 1. The number of carboxylic acids is 1. The second kappa shape index (κ2) is 6.63. The van der Waals surface area contributed by atoms with Gasteiger partial charge in [0.25, 0.3) is 0 Å². The summed E-state index contributed by atoms with van der Waals surface area (Å²) >= 11 is 1.29. The topological polar surface area (TPSA) is 95.5 Å². The molecule has 6 nitrogen and oxygen atoms in total. The van der Waals surface area contributed by atoms with Gasteiger partial charge in [-0.15, -0.1) is 11.3 Å². The molecule has 0 spiro atoms. The molecule has 2 bridgehead atoms. The van der Waals surface area contributed by atoms with Crippen LogP contribution in [0.25, 0.3) is 0 Å². The third-order valence-electron chi connectivity index (χ3n) is 5.33. The van der Waals surface area contributed by atoms with Gasteiger partial charge >= 0.3 is 5.97 Å². The lowest BCUT2D eigenvalue weighted by Crippen LogP contribution is -2.51. The van der Waals surface area contributed by atoms with Crippen LogP contribution in [0.2, 0.25) is 0 Å². The molecule has 4 atom stereocenters. The Morgan fingerprint density at radius 1 is 1.16 bits per heavy atom. The Morgan fingerprint density at radius 3 is 2.28 bits per heavy atom. The molecule has 1 aromatic rings. The number of rotatable bonds is 4. The molecule has 1 aromatic heterocycles. The predicted molar refractivity (Wildman–Crippen MR) is 91.1 cm³/mol. The largest absolute Gasteiger partial charge is 0.550 e. The summed E-state index contributed by atoms with van der Waals surface area (Å²) in [6, 6.07) is 0. The highest BCUT2D eigenvalue weighted by molar-refractivity contribution is 7.16. The lowest BCUT2D eigenvalue weighted by Gasteiger charge is -2.44. The van der Waals surface area contributed by atoms with Crippen molar-refractivity contribution in [2.24, 2.45) is 23.7 Å². The summed E-state index contributed by atoms with van der Waals surface area (Å²) in [6.07, 6.45) is 5.37. The zero-order chi connectivity index (χ0) is 18.3. The highest BCUT2D eigenvalue weighted by Crippen LogP contribution is 2.45. The fraction of sp³-hybridized carbons (Fsp3) is 0.500. The standard InChI is InChI=1S/C18H21NO5S/c1-8-9(2)25-16(12(8)18(23)24-3)19-15(20)13-10-4-6-11(7-5-10)14(13)17(21)22/h4,6,10-11,13-14H,5,7H2,1-3H3,(H,19,20)(H,21,22)/p-1/t10-,11+,13+,14+/m1/s1. The van der Waals surface area contributed by atoms with E-state index < -0.39 is 23.8 Å². The van der Waals surface area contributed by atoms with E-state index in [1.165, 1.54) is 18.4 Å². The summed E-state index contributed by atoms with van der Waals surface area (Å²) < 4.78 is 4.81. The number of thiophene rings is 1. The average molecular weight is 362 g/mol. The van der Waals surface area contributed by atoms with Crippen LogP contribution in [0.4, 0.5) is 5.00 Å². The maximum absolute atomic E-state index is 12.9. The van der Waals surface area contributed by atoms with Gasteiger partial charge in [0.15, 0.2) is 0 Å². The van der Waals surface area contributed by atoms with Gasteiger partial charge in [-0.2, -0.15) is 0 Å². The molecule has 0 saturated heterocycles. The molecule has 25 heavy (non-hydrogen) atoms. The number of amides is 1. The maximum atomic E-state index is 12.9. The van der Waals surface area contributed by atoms with E-state index in [0.29, 0.717) is 10.6 Å². The predicted octanol–water partition coefficient (Wildman–Crippen LogP) is 1.67. The molecule has 1 amide bonds. The molecule has 0 aromatic carbocycles. The number of carboxylic acid groups (broad SMARTS) is 1. The summed E-state index contributed by atoms with van der Waals surface area (Å²) in [5.74, 6) is -3.87. The molecule has 1 saturated carbocycles. The fourth-order valence-corrected chi connectivity index (χ4v) is 4.98. The van der Waals surface area contributed by atoms with Gasteiger partial charge in [0.2, 0.25) is 5.91 Å². The summed E-state index contributed by atoms with van der Waals surface area (Å²) in [5.41, 5.74) is 1.09. The Hall–Kier alpha value is -2.15. The average Bonchev–Trinajstić information content (AvgIpc) is 2.88. The monoisotopic (exact) mass is 362 g/mol. The van der Waals surface area contributed by atoms with Crippen LogP contribution in [0.1, 0.15) is 33.6 Å². The number of aryl methyl sites for hydroxylation is 1. The first-order valence-electron chi connectivity index (χ1n) is 8.23. The van der Waals surface area contributed by atoms with Gasteiger partial charge in [-0.3, -0.25) is 4.79 Å². The number of aliphatic carboxylic acids is 1. The molecular weight excluding hydrogens is 342 g/mol.